The number of hydrogen-bond donors (Lipinski definition) is 1. The lowest BCUT2D eigenvalue weighted by Crippen LogP contribution is -2.32. The number of carbonyl (C=O) groups excluding carboxylic acids is 1. The first-order valence-corrected chi connectivity index (χ1v) is 13.1. The highest BCUT2D eigenvalue weighted by molar-refractivity contribution is 6.01. The van der Waals surface area contributed by atoms with Gasteiger partial charge in [0.2, 0.25) is 0 Å². The highest BCUT2D eigenvalue weighted by atomic mass is 16.2. The molecule has 0 aliphatic rings. The van der Waals surface area contributed by atoms with Gasteiger partial charge >= 0.3 is 0 Å². The van der Waals surface area contributed by atoms with Crippen molar-refractivity contribution in [1.82, 2.24) is 39.5 Å². The topological polar surface area (TPSA) is 112 Å². The van der Waals surface area contributed by atoms with E-state index in [2.05, 4.69) is 37.4 Å². The fourth-order valence-corrected chi connectivity index (χ4v) is 4.91. The Bertz CT molecular complexity index is 2080. The number of carbonyl (C=O) groups is 1. The summed E-state index contributed by atoms with van der Waals surface area (Å²) in [5.74, 6) is 6.00. The molecule has 0 fully saturated rings. The Morgan fingerprint density at radius 3 is 2.51 bits per heavy atom. The number of rotatable bonds is 4. The molecular weight excluding hydrogens is 516 g/mol. The highest BCUT2D eigenvalue weighted by Crippen LogP contribution is 2.24. The number of benzene rings is 2. The molecule has 41 heavy (non-hydrogen) atoms. The largest absolute Gasteiger partial charge is 0.344 e. The minimum absolute atomic E-state index is 0.226. The summed E-state index contributed by atoms with van der Waals surface area (Å²) in [7, 11) is 1.86. The monoisotopic (exact) mass is 542 g/mol. The van der Waals surface area contributed by atoms with Gasteiger partial charge in [-0.15, -0.1) is 4.63 Å². The van der Waals surface area contributed by atoms with Gasteiger partial charge in [0, 0.05) is 30.2 Å². The molecule has 202 valence electrons. The van der Waals surface area contributed by atoms with Crippen molar-refractivity contribution in [2.45, 2.75) is 26.8 Å². The molecule has 0 aliphatic carbocycles. The van der Waals surface area contributed by atoms with Crippen molar-refractivity contribution >= 4 is 22.3 Å². The van der Waals surface area contributed by atoms with E-state index in [1.165, 1.54) is 17.0 Å². The van der Waals surface area contributed by atoms with Gasteiger partial charge in [0.25, 0.3) is 11.5 Å². The van der Waals surface area contributed by atoms with E-state index < -0.39 is 6.04 Å². The predicted molar refractivity (Wildman–Crippen MR) is 155 cm³/mol. The molecule has 0 spiro atoms. The van der Waals surface area contributed by atoms with Crippen LogP contribution in [0.3, 0.4) is 0 Å². The number of aromatic nitrogens is 7. The Hall–Kier alpha value is -5.56. The van der Waals surface area contributed by atoms with Crippen molar-refractivity contribution < 1.29 is 4.79 Å². The number of aryl methyl sites for hydroxylation is 2. The summed E-state index contributed by atoms with van der Waals surface area (Å²) in [6, 6.07) is 16.4. The number of amides is 1. The molecule has 10 nitrogen and oxygen atoms in total. The Morgan fingerprint density at radius 1 is 0.976 bits per heavy atom. The molecular formula is C31H26N8O2. The summed E-state index contributed by atoms with van der Waals surface area (Å²) in [4.78, 5) is 32.0. The number of nitrogens with zero attached hydrogens (tertiary/aromatic N) is 7. The van der Waals surface area contributed by atoms with Gasteiger partial charge in [-0.25, -0.2) is 4.98 Å². The maximum absolute atomic E-state index is 14.2. The second kappa shape index (κ2) is 10.2. The molecule has 1 N–H and O–H groups in total. The van der Waals surface area contributed by atoms with Crippen LogP contribution in [0, 0.1) is 25.7 Å². The van der Waals surface area contributed by atoms with Crippen molar-refractivity contribution in [3.8, 4) is 17.5 Å². The van der Waals surface area contributed by atoms with Gasteiger partial charge in [-0.2, -0.15) is 15.3 Å². The van der Waals surface area contributed by atoms with Crippen LogP contribution in [0.2, 0.25) is 0 Å². The van der Waals surface area contributed by atoms with E-state index in [0.29, 0.717) is 39.2 Å². The van der Waals surface area contributed by atoms with Gasteiger partial charge in [0.05, 0.1) is 40.8 Å². The van der Waals surface area contributed by atoms with E-state index in [-0.39, 0.29) is 11.5 Å². The summed E-state index contributed by atoms with van der Waals surface area (Å²) in [5, 5.41) is 17.0. The van der Waals surface area contributed by atoms with Gasteiger partial charge in [-0.3, -0.25) is 18.8 Å². The maximum atomic E-state index is 14.2. The average Bonchev–Trinajstić information content (AvgIpc) is 3.49. The highest BCUT2D eigenvalue weighted by Gasteiger charge is 2.23. The average molecular weight is 543 g/mol. The van der Waals surface area contributed by atoms with Crippen molar-refractivity contribution in [3.63, 3.8) is 0 Å². The smallest absolute Gasteiger partial charge is 0.264 e. The SMILES string of the molecule is Cc1nn2nccnc2c1C(=O)N[C@@H](C)c1cc2cccc(C#Cc3cnn(C)c3C)c2c(=O)n1-c1ccccc1. The third-order valence-electron chi connectivity index (χ3n) is 7.13. The lowest BCUT2D eigenvalue weighted by Gasteiger charge is -2.21. The van der Waals surface area contributed by atoms with Crippen LogP contribution in [-0.2, 0) is 7.05 Å². The molecule has 4 aromatic heterocycles. The summed E-state index contributed by atoms with van der Waals surface area (Å²) < 4.78 is 4.73. The van der Waals surface area contributed by atoms with E-state index in [0.717, 1.165) is 16.6 Å². The van der Waals surface area contributed by atoms with Crippen molar-refractivity contribution in [1.29, 1.82) is 0 Å². The fourth-order valence-electron chi connectivity index (χ4n) is 4.91. The van der Waals surface area contributed by atoms with Crippen LogP contribution in [0.5, 0.6) is 0 Å². The van der Waals surface area contributed by atoms with Crippen LogP contribution in [-0.4, -0.2) is 40.1 Å². The zero-order valence-electron chi connectivity index (χ0n) is 23.0. The quantitative estimate of drug-likeness (QED) is 0.340. The van der Waals surface area contributed by atoms with Crippen molar-refractivity contribution in [3.05, 3.63) is 117 Å². The Morgan fingerprint density at radius 2 is 1.76 bits per heavy atom. The third-order valence-corrected chi connectivity index (χ3v) is 7.13. The molecule has 0 unspecified atom stereocenters. The number of fused-ring (bicyclic) bond motifs is 2. The van der Waals surface area contributed by atoms with E-state index in [9.17, 15) is 9.59 Å². The van der Waals surface area contributed by atoms with Gasteiger partial charge in [-0.05, 0) is 50.4 Å². The predicted octanol–water partition coefficient (Wildman–Crippen LogP) is 3.67. The molecule has 0 aliphatic heterocycles. The van der Waals surface area contributed by atoms with Crippen molar-refractivity contribution in [2.75, 3.05) is 0 Å². The van der Waals surface area contributed by atoms with Crippen LogP contribution in [0.4, 0.5) is 0 Å². The lowest BCUT2D eigenvalue weighted by atomic mass is 10.0. The molecule has 4 heterocycles. The minimum atomic E-state index is -0.543. The van der Waals surface area contributed by atoms with Crippen LogP contribution < -0.4 is 10.9 Å². The van der Waals surface area contributed by atoms with E-state index in [1.807, 2.05) is 75.5 Å². The summed E-state index contributed by atoms with van der Waals surface area (Å²) >= 11 is 0. The molecule has 10 heteroatoms. The summed E-state index contributed by atoms with van der Waals surface area (Å²) in [6.07, 6.45) is 4.74. The van der Waals surface area contributed by atoms with Crippen LogP contribution >= 0.6 is 0 Å². The maximum Gasteiger partial charge on any atom is 0.264 e. The van der Waals surface area contributed by atoms with E-state index in [4.69, 9.17) is 0 Å². The number of para-hydroxylation sites is 1. The van der Waals surface area contributed by atoms with E-state index >= 15 is 0 Å². The molecule has 6 rings (SSSR count). The van der Waals surface area contributed by atoms with Crippen LogP contribution in [0.15, 0.2) is 78.0 Å². The first-order valence-electron chi connectivity index (χ1n) is 13.1. The third kappa shape index (κ3) is 4.53. The first kappa shape index (κ1) is 25.7. The van der Waals surface area contributed by atoms with Crippen LogP contribution in [0.1, 0.15) is 51.5 Å². The Labute approximate surface area is 235 Å². The van der Waals surface area contributed by atoms with E-state index in [1.54, 1.807) is 22.4 Å². The molecule has 1 amide bonds. The molecule has 0 saturated carbocycles. The standard InChI is InChI=1S/C31H26N8O2/c1-19(35-30(40)27-20(2)36-39-29(27)32-15-16-33-39)26-17-23-10-8-9-22(13-14-24-18-34-37(4)21(24)3)28(23)31(41)38(26)25-11-6-5-7-12-25/h5-12,15-19H,1-4H3,(H,35,40)/t19-/m0/s1. The number of nitrogens with one attached hydrogen (secondary N) is 1. The summed E-state index contributed by atoms with van der Waals surface area (Å²) in [5.41, 5.74) is 4.64. The first-order chi connectivity index (χ1) is 19.8. The zero-order valence-corrected chi connectivity index (χ0v) is 23.0. The van der Waals surface area contributed by atoms with Gasteiger partial charge in [0.1, 0.15) is 5.56 Å². The van der Waals surface area contributed by atoms with Crippen molar-refractivity contribution in [2.24, 2.45) is 7.05 Å². The zero-order chi connectivity index (χ0) is 28.7. The molecule has 0 bridgehead atoms. The number of hydrogen-bond acceptors (Lipinski definition) is 6. The summed E-state index contributed by atoms with van der Waals surface area (Å²) in [6.45, 7) is 5.53. The molecule has 0 saturated heterocycles. The Balaban J connectivity index is 1.48. The molecule has 1 atom stereocenters. The minimum Gasteiger partial charge on any atom is -0.344 e. The second-order valence-electron chi connectivity index (χ2n) is 9.74. The van der Waals surface area contributed by atoms with Gasteiger partial charge in [-0.1, -0.05) is 42.2 Å². The van der Waals surface area contributed by atoms with Gasteiger partial charge < -0.3 is 5.32 Å². The molecule has 0 radical (unpaired) electrons. The fraction of sp³-hybridized carbons (Fsp3) is 0.161. The molecule has 6 aromatic rings. The Kier molecular flexibility index (Phi) is 6.40. The van der Waals surface area contributed by atoms with Gasteiger partial charge in [0.15, 0.2) is 5.65 Å². The normalized spacial score (nSPS) is 11.8. The number of pyridine rings is 1. The van der Waals surface area contributed by atoms with Crippen LogP contribution in [0.25, 0.3) is 22.1 Å². The molecule has 2 aromatic carbocycles. The second-order valence-corrected chi connectivity index (χ2v) is 9.74. The lowest BCUT2D eigenvalue weighted by molar-refractivity contribution is 0.0939.